The van der Waals surface area contributed by atoms with E-state index in [0.29, 0.717) is 4.70 Å². The van der Waals surface area contributed by atoms with E-state index in [9.17, 15) is 22.4 Å². The average Bonchev–Trinajstić information content (AvgIpc) is 2.68. The zero-order valence-electron chi connectivity index (χ0n) is 9.83. The molecule has 1 aromatic carbocycles. The third-order valence-corrected chi connectivity index (χ3v) is 3.65. The lowest BCUT2D eigenvalue weighted by atomic mass is 10.1. The van der Waals surface area contributed by atoms with Crippen molar-refractivity contribution < 1.29 is 32.2 Å². The number of benzene rings is 1. The Morgan fingerprint density at radius 3 is 2.65 bits per heavy atom. The van der Waals surface area contributed by atoms with Crippen molar-refractivity contribution in [2.75, 3.05) is 6.61 Å². The van der Waals surface area contributed by atoms with Gasteiger partial charge in [-0.15, -0.1) is 11.3 Å². The minimum absolute atomic E-state index is 0.00271. The minimum Gasteiger partial charge on any atom is -0.477 e. The first kappa shape index (κ1) is 14.7. The number of aromatic carboxylic acids is 1. The highest BCUT2D eigenvalue weighted by Gasteiger charge is 2.28. The third-order valence-electron chi connectivity index (χ3n) is 2.47. The monoisotopic (exact) mass is 308 g/mol. The number of carbonyl (C=O) groups is 1. The first-order valence-electron chi connectivity index (χ1n) is 5.37. The highest BCUT2D eigenvalue weighted by Crippen LogP contribution is 2.34. The number of carboxylic acids is 1. The van der Waals surface area contributed by atoms with E-state index in [4.69, 9.17) is 5.11 Å². The number of thiophene rings is 1. The summed E-state index contributed by atoms with van der Waals surface area (Å²) >= 11 is 0.803. The normalized spacial score (nSPS) is 12.0. The molecule has 0 saturated heterocycles. The van der Waals surface area contributed by atoms with E-state index >= 15 is 0 Å². The number of rotatable bonds is 4. The molecular formula is C12H8F4O3S. The molecule has 2 rings (SSSR count). The van der Waals surface area contributed by atoms with Gasteiger partial charge in [-0.05, 0) is 12.1 Å². The molecule has 2 aromatic rings. The largest absolute Gasteiger partial charge is 0.477 e. The smallest absolute Gasteiger partial charge is 0.411 e. The van der Waals surface area contributed by atoms with E-state index in [1.54, 1.807) is 0 Å². The summed E-state index contributed by atoms with van der Waals surface area (Å²) in [5.74, 6) is -2.01. The lowest BCUT2D eigenvalue weighted by Crippen LogP contribution is -2.17. The number of carboxylic acid groups (broad SMARTS) is 1. The van der Waals surface area contributed by atoms with Crippen LogP contribution in [-0.4, -0.2) is 23.9 Å². The number of ether oxygens (including phenoxy) is 1. The van der Waals surface area contributed by atoms with E-state index < -0.39 is 31.2 Å². The van der Waals surface area contributed by atoms with Crippen LogP contribution < -0.4 is 0 Å². The van der Waals surface area contributed by atoms with Gasteiger partial charge in [0.2, 0.25) is 0 Å². The highest BCUT2D eigenvalue weighted by atomic mass is 32.1. The highest BCUT2D eigenvalue weighted by molar-refractivity contribution is 7.21. The van der Waals surface area contributed by atoms with E-state index in [1.165, 1.54) is 12.1 Å². The average molecular weight is 308 g/mol. The van der Waals surface area contributed by atoms with Gasteiger partial charge in [-0.1, -0.05) is 6.07 Å². The molecule has 0 spiro atoms. The SMILES string of the molecule is O=C(O)c1sc2cccc(F)c2c1COCC(F)(F)F. The van der Waals surface area contributed by atoms with E-state index in [0.717, 1.165) is 17.4 Å². The lowest BCUT2D eigenvalue weighted by Gasteiger charge is -2.08. The number of hydrogen-bond donors (Lipinski definition) is 1. The standard InChI is InChI=1S/C12H8F4O3S/c13-7-2-1-3-8-9(7)6(10(20-8)11(17)18)4-19-5-12(14,15)16/h1-3H,4-5H2,(H,17,18). The van der Waals surface area contributed by atoms with Crippen LogP contribution in [-0.2, 0) is 11.3 Å². The second-order valence-electron chi connectivity index (χ2n) is 3.94. The van der Waals surface area contributed by atoms with Crippen LogP contribution >= 0.6 is 11.3 Å². The maximum atomic E-state index is 13.7. The summed E-state index contributed by atoms with van der Waals surface area (Å²) in [5, 5.41) is 9.02. The number of alkyl halides is 3. The maximum Gasteiger partial charge on any atom is 0.411 e. The maximum absolute atomic E-state index is 13.7. The van der Waals surface area contributed by atoms with Crippen LogP contribution in [0.2, 0.25) is 0 Å². The summed E-state index contributed by atoms with van der Waals surface area (Å²) in [4.78, 5) is 10.9. The lowest BCUT2D eigenvalue weighted by molar-refractivity contribution is -0.176. The Hall–Kier alpha value is -1.67. The molecule has 0 aliphatic rings. The molecular weight excluding hydrogens is 300 g/mol. The fourth-order valence-corrected chi connectivity index (χ4v) is 2.81. The summed E-state index contributed by atoms with van der Waals surface area (Å²) in [6, 6.07) is 4.02. The molecule has 20 heavy (non-hydrogen) atoms. The summed E-state index contributed by atoms with van der Waals surface area (Å²) < 4.78 is 54.6. The third kappa shape index (κ3) is 3.07. The minimum atomic E-state index is -4.52. The van der Waals surface area contributed by atoms with Gasteiger partial charge < -0.3 is 9.84 Å². The van der Waals surface area contributed by atoms with Crippen molar-refractivity contribution in [3.63, 3.8) is 0 Å². The molecule has 0 amide bonds. The van der Waals surface area contributed by atoms with Gasteiger partial charge in [-0.25, -0.2) is 9.18 Å². The molecule has 0 unspecified atom stereocenters. The van der Waals surface area contributed by atoms with Gasteiger partial charge in [0.05, 0.1) is 6.61 Å². The number of halogens is 4. The second kappa shape index (κ2) is 5.37. The zero-order chi connectivity index (χ0) is 14.9. The van der Waals surface area contributed by atoms with Crippen molar-refractivity contribution in [3.8, 4) is 0 Å². The van der Waals surface area contributed by atoms with Gasteiger partial charge in [0.25, 0.3) is 0 Å². The van der Waals surface area contributed by atoms with Crippen LogP contribution in [0.5, 0.6) is 0 Å². The molecule has 0 aliphatic heterocycles. The molecule has 1 heterocycles. The van der Waals surface area contributed by atoms with Gasteiger partial charge in [-0.3, -0.25) is 0 Å². The summed E-state index contributed by atoms with van der Waals surface area (Å²) in [5.41, 5.74) is -0.0696. The Balaban J connectivity index is 2.39. The molecule has 0 fully saturated rings. The molecule has 1 aromatic heterocycles. The van der Waals surface area contributed by atoms with Crippen molar-refractivity contribution in [2.24, 2.45) is 0 Å². The predicted octanol–water partition coefficient (Wildman–Crippen LogP) is 3.82. The Morgan fingerprint density at radius 2 is 2.05 bits per heavy atom. The Kier molecular flexibility index (Phi) is 3.96. The molecule has 108 valence electrons. The van der Waals surface area contributed by atoms with Gasteiger partial charge >= 0.3 is 12.1 Å². The molecule has 8 heteroatoms. The van der Waals surface area contributed by atoms with Gasteiger partial charge in [-0.2, -0.15) is 13.2 Å². The van der Waals surface area contributed by atoms with Crippen LogP contribution in [0.1, 0.15) is 15.2 Å². The molecule has 1 N–H and O–H groups in total. The zero-order valence-corrected chi connectivity index (χ0v) is 10.6. The van der Waals surface area contributed by atoms with Gasteiger partial charge in [0.1, 0.15) is 17.3 Å². The van der Waals surface area contributed by atoms with Crippen LogP contribution in [0.3, 0.4) is 0 Å². The molecule has 0 atom stereocenters. The number of hydrogen-bond acceptors (Lipinski definition) is 3. The van der Waals surface area contributed by atoms with E-state index in [2.05, 4.69) is 4.74 Å². The van der Waals surface area contributed by atoms with Crippen LogP contribution in [0, 0.1) is 5.82 Å². The van der Waals surface area contributed by atoms with Crippen molar-refractivity contribution in [3.05, 3.63) is 34.5 Å². The quantitative estimate of drug-likeness (QED) is 0.874. The van der Waals surface area contributed by atoms with Crippen molar-refractivity contribution in [1.29, 1.82) is 0 Å². The topological polar surface area (TPSA) is 46.5 Å². The fourth-order valence-electron chi connectivity index (χ4n) is 1.75. The Bertz CT molecular complexity index is 648. The molecule has 0 bridgehead atoms. The summed E-state index contributed by atoms with van der Waals surface area (Å²) in [7, 11) is 0. The van der Waals surface area contributed by atoms with Gasteiger partial charge in [0, 0.05) is 15.6 Å². The van der Waals surface area contributed by atoms with Crippen molar-refractivity contribution >= 4 is 27.4 Å². The summed E-state index contributed by atoms with van der Waals surface area (Å²) in [6.07, 6.45) is -4.52. The van der Waals surface area contributed by atoms with Crippen LogP contribution in [0.4, 0.5) is 17.6 Å². The first-order chi connectivity index (χ1) is 9.29. The molecule has 0 radical (unpaired) electrons. The summed E-state index contributed by atoms with van der Waals surface area (Å²) in [6.45, 7) is -2.13. The fraction of sp³-hybridized carbons (Fsp3) is 0.250. The number of fused-ring (bicyclic) bond motifs is 1. The molecule has 0 aliphatic carbocycles. The first-order valence-corrected chi connectivity index (χ1v) is 6.19. The van der Waals surface area contributed by atoms with Crippen molar-refractivity contribution in [2.45, 2.75) is 12.8 Å². The molecule has 3 nitrogen and oxygen atoms in total. The van der Waals surface area contributed by atoms with E-state index in [1.807, 2.05) is 0 Å². The molecule has 0 saturated carbocycles. The van der Waals surface area contributed by atoms with E-state index in [-0.39, 0.29) is 15.8 Å². The van der Waals surface area contributed by atoms with Gasteiger partial charge in [0.15, 0.2) is 0 Å². The van der Waals surface area contributed by atoms with Crippen LogP contribution in [0.25, 0.3) is 10.1 Å². The van der Waals surface area contributed by atoms with Crippen molar-refractivity contribution in [1.82, 2.24) is 0 Å². The second-order valence-corrected chi connectivity index (χ2v) is 4.99. The Morgan fingerprint density at radius 1 is 1.35 bits per heavy atom. The Labute approximate surface area is 114 Å². The predicted molar refractivity (Wildman–Crippen MR) is 64.5 cm³/mol. The van der Waals surface area contributed by atoms with Crippen LogP contribution in [0.15, 0.2) is 18.2 Å².